The van der Waals surface area contributed by atoms with Gasteiger partial charge in [-0.25, -0.2) is 0 Å². The van der Waals surface area contributed by atoms with Crippen molar-refractivity contribution in [2.75, 3.05) is 6.54 Å². The Bertz CT molecular complexity index is 417. The van der Waals surface area contributed by atoms with Crippen molar-refractivity contribution in [3.8, 4) is 0 Å². The Morgan fingerprint density at radius 1 is 1.38 bits per heavy atom. The van der Waals surface area contributed by atoms with Crippen molar-refractivity contribution < 1.29 is 4.79 Å². The molecule has 1 aromatic rings. The summed E-state index contributed by atoms with van der Waals surface area (Å²) in [5.74, 6) is 0.267. The summed E-state index contributed by atoms with van der Waals surface area (Å²) in [6, 6.07) is 10.2. The highest BCUT2D eigenvalue weighted by Crippen LogP contribution is 2.52. The van der Waals surface area contributed by atoms with Gasteiger partial charge in [0.15, 0.2) is 0 Å². The minimum atomic E-state index is -0.172. The average Bonchev–Trinajstić information content (AvgIpc) is 2.87. The van der Waals surface area contributed by atoms with Crippen molar-refractivity contribution in [2.45, 2.75) is 25.4 Å². The highest BCUT2D eigenvalue weighted by molar-refractivity contribution is 5.88. The van der Waals surface area contributed by atoms with E-state index in [0.717, 1.165) is 25.9 Å². The van der Waals surface area contributed by atoms with E-state index in [1.165, 1.54) is 5.56 Å². The number of likely N-dealkylation sites (tertiary alicyclic amines) is 1. The second-order valence-electron chi connectivity index (χ2n) is 4.93. The van der Waals surface area contributed by atoms with E-state index in [4.69, 9.17) is 5.73 Å². The van der Waals surface area contributed by atoms with Crippen LogP contribution < -0.4 is 5.73 Å². The van der Waals surface area contributed by atoms with Gasteiger partial charge < -0.3 is 10.6 Å². The van der Waals surface area contributed by atoms with Crippen LogP contribution in [0.4, 0.5) is 0 Å². The van der Waals surface area contributed by atoms with Gasteiger partial charge in [-0.1, -0.05) is 30.3 Å². The predicted molar refractivity (Wildman–Crippen MR) is 61.5 cm³/mol. The predicted octanol–water partition coefficient (Wildman–Crippen LogP) is 1.14. The molecule has 84 valence electrons. The molecule has 2 N–H and O–H groups in total. The van der Waals surface area contributed by atoms with E-state index in [2.05, 4.69) is 12.1 Å². The molecule has 16 heavy (non-hydrogen) atoms. The summed E-state index contributed by atoms with van der Waals surface area (Å²) in [7, 11) is 0. The molecule has 1 saturated carbocycles. The fraction of sp³-hybridized carbons (Fsp3) is 0.462. The van der Waals surface area contributed by atoms with E-state index in [-0.39, 0.29) is 17.4 Å². The number of hydrogen-bond acceptors (Lipinski definition) is 2. The fourth-order valence-electron chi connectivity index (χ4n) is 2.68. The largest absolute Gasteiger partial charge is 0.338 e. The number of carbonyl (C=O) groups is 1. The van der Waals surface area contributed by atoms with Gasteiger partial charge in [-0.3, -0.25) is 4.79 Å². The Hall–Kier alpha value is -1.35. The molecular weight excluding hydrogens is 200 g/mol. The SMILES string of the molecule is N[C@@H]1CC12CCN(Cc1ccccc1)C2=O. The summed E-state index contributed by atoms with van der Waals surface area (Å²) < 4.78 is 0. The lowest BCUT2D eigenvalue weighted by atomic mass is 10.1. The first kappa shape index (κ1) is 9.85. The first-order chi connectivity index (χ1) is 7.72. The number of amides is 1. The van der Waals surface area contributed by atoms with Gasteiger partial charge in [0.1, 0.15) is 0 Å². The highest BCUT2D eigenvalue weighted by atomic mass is 16.2. The Kier molecular flexibility index (Phi) is 2.04. The zero-order valence-electron chi connectivity index (χ0n) is 9.23. The molecule has 1 unspecified atom stereocenters. The van der Waals surface area contributed by atoms with Crippen LogP contribution in [0.1, 0.15) is 18.4 Å². The maximum Gasteiger partial charge on any atom is 0.230 e. The molecule has 2 atom stereocenters. The van der Waals surface area contributed by atoms with Crippen LogP contribution >= 0.6 is 0 Å². The van der Waals surface area contributed by atoms with E-state index >= 15 is 0 Å². The zero-order chi connectivity index (χ0) is 11.2. The lowest BCUT2D eigenvalue weighted by Gasteiger charge is -2.16. The standard InChI is InChI=1S/C13H16N2O/c14-11-8-13(11)6-7-15(12(13)16)9-10-4-2-1-3-5-10/h1-5,11H,6-9,14H2/t11-,13?/m1/s1. The molecular formula is C13H16N2O. The lowest BCUT2D eigenvalue weighted by molar-refractivity contribution is -0.132. The number of carbonyl (C=O) groups excluding carboxylic acids is 1. The van der Waals surface area contributed by atoms with Crippen molar-refractivity contribution in [1.29, 1.82) is 0 Å². The second kappa shape index (κ2) is 3.32. The van der Waals surface area contributed by atoms with E-state index in [1.54, 1.807) is 0 Å². The van der Waals surface area contributed by atoms with Crippen molar-refractivity contribution >= 4 is 5.91 Å². The Morgan fingerprint density at radius 2 is 2.06 bits per heavy atom. The monoisotopic (exact) mass is 216 g/mol. The summed E-state index contributed by atoms with van der Waals surface area (Å²) >= 11 is 0. The topological polar surface area (TPSA) is 46.3 Å². The minimum Gasteiger partial charge on any atom is -0.338 e. The molecule has 2 fully saturated rings. The zero-order valence-corrected chi connectivity index (χ0v) is 9.23. The molecule has 1 amide bonds. The van der Waals surface area contributed by atoms with Crippen LogP contribution in [0.3, 0.4) is 0 Å². The molecule has 3 nitrogen and oxygen atoms in total. The summed E-state index contributed by atoms with van der Waals surface area (Å²) in [4.78, 5) is 14.1. The van der Waals surface area contributed by atoms with Gasteiger partial charge in [0.05, 0.1) is 5.41 Å². The number of nitrogens with zero attached hydrogens (tertiary/aromatic N) is 1. The summed E-state index contributed by atoms with van der Waals surface area (Å²) in [6.45, 7) is 1.59. The third kappa shape index (κ3) is 1.35. The van der Waals surface area contributed by atoms with Gasteiger partial charge in [0, 0.05) is 19.1 Å². The van der Waals surface area contributed by atoms with Crippen LogP contribution in [0.2, 0.25) is 0 Å². The normalized spacial score (nSPS) is 32.4. The maximum atomic E-state index is 12.2. The Morgan fingerprint density at radius 3 is 2.62 bits per heavy atom. The van der Waals surface area contributed by atoms with Crippen molar-refractivity contribution in [1.82, 2.24) is 4.90 Å². The molecule has 1 spiro atoms. The van der Waals surface area contributed by atoms with Gasteiger partial charge >= 0.3 is 0 Å². The fourth-order valence-corrected chi connectivity index (χ4v) is 2.68. The summed E-state index contributed by atoms with van der Waals surface area (Å²) in [6.07, 6.45) is 1.83. The third-order valence-electron chi connectivity index (χ3n) is 3.89. The molecule has 3 rings (SSSR count). The quantitative estimate of drug-likeness (QED) is 0.805. The maximum absolute atomic E-state index is 12.2. The van der Waals surface area contributed by atoms with Crippen LogP contribution in [0.15, 0.2) is 30.3 Å². The molecule has 1 heterocycles. The first-order valence-electron chi connectivity index (χ1n) is 5.81. The van der Waals surface area contributed by atoms with E-state index in [9.17, 15) is 4.79 Å². The van der Waals surface area contributed by atoms with Crippen molar-refractivity contribution in [3.05, 3.63) is 35.9 Å². The third-order valence-corrected chi connectivity index (χ3v) is 3.89. The molecule has 0 aromatic heterocycles. The number of rotatable bonds is 2. The molecule has 2 aliphatic rings. The molecule has 3 heteroatoms. The van der Waals surface area contributed by atoms with Crippen molar-refractivity contribution in [2.24, 2.45) is 11.1 Å². The van der Waals surface area contributed by atoms with Gasteiger partial charge in [0.25, 0.3) is 0 Å². The van der Waals surface area contributed by atoms with Gasteiger partial charge in [-0.05, 0) is 18.4 Å². The highest BCUT2D eigenvalue weighted by Gasteiger charge is 2.62. The van der Waals surface area contributed by atoms with Crippen LogP contribution in [0.25, 0.3) is 0 Å². The lowest BCUT2D eigenvalue weighted by Crippen LogP contribution is -2.30. The Balaban J connectivity index is 1.72. The molecule has 1 aliphatic heterocycles. The van der Waals surface area contributed by atoms with Crippen LogP contribution in [0, 0.1) is 5.41 Å². The molecule has 1 aliphatic carbocycles. The van der Waals surface area contributed by atoms with Crippen LogP contribution in [-0.4, -0.2) is 23.4 Å². The van der Waals surface area contributed by atoms with Gasteiger partial charge in [0.2, 0.25) is 5.91 Å². The molecule has 0 radical (unpaired) electrons. The van der Waals surface area contributed by atoms with E-state index in [0.29, 0.717) is 0 Å². The van der Waals surface area contributed by atoms with Gasteiger partial charge in [-0.2, -0.15) is 0 Å². The minimum absolute atomic E-state index is 0.112. The molecule has 1 aromatic carbocycles. The first-order valence-corrected chi connectivity index (χ1v) is 5.81. The molecule has 1 saturated heterocycles. The Labute approximate surface area is 95.2 Å². The van der Waals surface area contributed by atoms with Gasteiger partial charge in [-0.15, -0.1) is 0 Å². The number of hydrogen-bond donors (Lipinski definition) is 1. The second-order valence-corrected chi connectivity index (χ2v) is 4.93. The summed E-state index contributed by atoms with van der Waals surface area (Å²) in [5, 5.41) is 0. The van der Waals surface area contributed by atoms with Crippen LogP contribution in [-0.2, 0) is 11.3 Å². The van der Waals surface area contributed by atoms with Crippen LogP contribution in [0.5, 0.6) is 0 Å². The molecule has 0 bridgehead atoms. The van der Waals surface area contributed by atoms with E-state index < -0.39 is 0 Å². The van der Waals surface area contributed by atoms with Crippen molar-refractivity contribution in [3.63, 3.8) is 0 Å². The summed E-state index contributed by atoms with van der Waals surface area (Å²) in [5.41, 5.74) is 6.89. The van der Waals surface area contributed by atoms with E-state index in [1.807, 2.05) is 23.1 Å². The average molecular weight is 216 g/mol. The number of nitrogens with two attached hydrogens (primary N) is 1. The number of benzene rings is 1. The smallest absolute Gasteiger partial charge is 0.230 e.